The number of hydrogen-bond donors (Lipinski definition) is 0. The molecule has 1 aromatic heterocycles. The predicted molar refractivity (Wildman–Crippen MR) is 124 cm³/mol. The van der Waals surface area contributed by atoms with Gasteiger partial charge in [-0.05, 0) is 68.7 Å². The van der Waals surface area contributed by atoms with Crippen LogP contribution in [0.5, 0.6) is 17.2 Å². The zero-order valence-corrected chi connectivity index (χ0v) is 19.5. The standard InChI is InChI=1S/C26H30N2O5/c1-17-5-14-25(28(17)26(29)33-23-12-10-21(30-4)11-13-23)20-6-8-22(9-7-20)31-16-15-24-18(2)32-19(3)27-24/h6-13,17,25H,5,14-16H2,1-4H3/t17-,25+/m1/s1. The lowest BCUT2D eigenvalue weighted by atomic mass is 10.0. The number of likely N-dealkylation sites (tertiary alicyclic amines) is 1. The van der Waals surface area contributed by atoms with Gasteiger partial charge in [-0.1, -0.05) is 12.1 Å². The minimum Gasteiger partial charge on any atom is -0.497 e. The molecule has 0 aliphatic carbocycles. The quantitative estimate of drug-likeness (QED) is 0.463. The van der Waals surface area contributed by atoms with Crippen LogP contribution in [0, 0.1) is 13.8 Å². The topological polar surface area (TPSA) is 74.0 Å². The van der Waals surface area contributed by atoms with Gasteiger partial charge in [0.1, 0.15) is 23.0 Å². The summed E-state index contributed by atoms with van der Waals surface area (Å²) < 4.78 is 22.2. The molecule has 1 saturated heterocycles. The van der Waals surface area contributed by atoms with Gasteiger partial charge in [-0.25, -0.2) is 9.78 Å². The molecule has 2 atom stereocenters. The molecule has 0 radical (unpaired) electrons. The molecule has 0 spiro atoms. The van der Waals surface area contributed by atoms with Gasteiger partial charge in [0.05, 0.1) is 25.5 Å². The molecule has 1 fully saturated rings. The van der Waals surface area contributed by atoms with E-state index >= 15 is 0 Å². The number of aryl methyl sites for hydroxylation is 2. The van der Waals surface area contributed by atoms with Crippen LogP contribution in [0.2, 0.25) is 0 Å². The van der Waals surface area contributed by atoms with Crippen LogP contribution in [0.1, 0.15) is 48.7 Å². The highest BCUT2D eigenvalue weighted by molar-refractivity contribution is 5.72. The van der Waals surface area contributed by atoms with Crippen molar-refractivity contribution >= 4 is 6.09 Å². The second-order valence-corrected chi connectivity index (χ2v) is 8.30. The van der Waals surface area contributed by atoms with Crippen LogP contribution in [-0.4, -0.2) is 35.7 Å². The first-order chi connectivity index (χ1) is 15.9. The minimum absolute atomic E-state index is 0.0273. The van der Waals surface area contributed by atoms with Crippen LogP contribution in [0.4, 0.5) is 4.79 Å². The van der Waals surface area contributed by atoms with E-state index in [4.69, 9.17) is 18.6 Å². The van der Waals surface area contributed by atoms with E-state index < -0.39 is 0 Å². The fraction of sp³-hybridized carbons (Fsp3) is 0.385. The Labute approximate surface area is 194 Å². The number of carbonyl (C=O) groups is 1. The number of aromatic nitrogens is 1. The molecule has 7 nitrogen and oxygen atoms in total. The normalized spacial score (nSPS) is 17.8. The average molecular weight is 451 g/mol. The minimum atomic E-state index is -0.339. The van der Waals surface area contributed by atoms with Gasteiger partial charge in [0.2, 0.25) is 0 Å². The Balaban J connectivity index is 1.37. The Bertz CT molecular complexity index is 1080. The van der Waals surface area contributed by atoms with E-state index in [-0.39, 0.29) is 18.2 Å². The molecular formula is C26H30N2O5. The molecule has 0 saturated carbocycles. The number of amides is 1. The molecule has 0 bridgehead atoms. The summed E-state index contributed by atoms with van der Waals surface area (Å²) in [5.41, 5.74) is 2.00. The highest BCUT2D eigenvalue weighted by atomic mass is 16.6. The second kappa shape index (κ2) is 9.98. The van der Waals surface area contributed by atoms with Crippen molar-refractivity contribution in [3.05, 3.63) is 71.4 Å². The molecule has 174 valence electrons. The van der Waals surface area contributed by atoms with Crippen molar-refractivity contribution in [2.24, 2.45) is 0 Å². The molecule has 0 unspecified atom stereocenters. The number of nitrogens with zero attached hydrogens (tertiary/aromatic N) is 2. The monoisotopic (exact) mass is 450 g/mol. The molecule has 1 aliphatic rings. The Morgan fingerprint density at radius 3 is 2.33 bits per heavy atom. The molecule has 4 rings (SSSR count). The van der Waals surface area contributed by atoms with E-state index in [1.807, 2.05) is 43.0 Å². The third-order valence-corrected chi connectivity index (χ3v) is 6.02. The van der Waals surface area contributed by atoms with Gasteiger partial charge in [-0.15, -0.1) is 0 Å². The summed E-state index contributed by atoms with van der Waals surface area (Å²) in [6, 6.07) is 15.0. The third kappa shape index (κ3) is 5.30. The van der Waals surface area contributed by atoms with E-state index in [0.717, 1.165) is 41.4 Å². The summed E-state index contributed by atoms with van der Waals surface area (Å²) >= 11 is 0. The molecule has 0 N–H and O–H groups in total. The van der Waals surface area contributed by atoms with Crippen LogP contribution in [-0.2, 0) is 6.42 Å². The zero-order valence-electron chi connectivity index (χ0n) is 19.5. The van der Waals surface area contributed by atoms with Gasteiger partial charge in [0.25, 0.3) is 0 Å². The first-order valence-corrected chi connectivity index (χ1v) is 11.2. The van der Waals surface area contributed by atoms with Crippen molar-refractivity contribution in [3.63, 3.8) is 0 Å². The maximum Gasteiger partial charge on any atom is 0.415 e. The van der Waals surface area contributed by atoms with Crippen molar-refractivity contribution in [2.75, 3.05) is 13.7 Å². The summed E-state index contributed by atoms with van der Waals surface area (Å²) in [7, 11) is 1.60. The van der Waals surface area contributed by atoms with Gasteiger partial charge in [-0.2, -0.15) is 0 Å². The number of hydrogen-bond acceptors (Lipinski definition) is 6. The summed E-state index contributed by atoms with van der Waals surface area (Å²) in [6.07, 6.45) is 2.17. The van der Waals surface area contributed by atoms with Crippen LogP contribution in [0.15, 0.2) is 52.9 Å². The molecule has 2 aromatic carbocycles. The highest BCUT2D eigenvalue weighted by Gasteiger charge is 2.36. The lowest BCUT2D eigenvalue weighted by Crippen LogP contribution is -2.37. The second-order valence-electron chi connectivity index (χ2n) is 8.30. The first kappa shape index (κ1) is 22.7. The molecule has 7 heteroatoms. The maximum atomic E-state index is 13.0. The first-order valence-electron chi connectivity index (χ1n) is 11.2. The Hall–Kier alpha value is -3.48. The summed E-state index contributed by atoms with van der Waals surface area (Å²) in [6.45, 7) is 6.33. The predicted octanol–water partition coefficient (Wildman–Crippen LogP) is 5.65. The van der Waals surface area contributed by atoms with Gasteiger partial charge in [0.15, 0.2) is 5.89 Å². The molecular weight excluding hydrogens is 420 g/mol. The van der Waals surface area contributed by atoms with E-state index in [1.54, 1.807) is 31.4 Å². The van der Waals surface area contributed by atoms with E-state index in [2.05, 4.69) is 11.9 Å². The number of methoxy groups -OCH3 is 1. The van der Waals surface area contributed by atoms with E-state index in [0.29, 0.717) is 24.7 Å². The smallest absolute Gasteiger partial charge is 0.415 e. The maximum absolute atomic E-state index is 13.0. The van der Waals surface area contributed by atoms with Gasteiger partial charge in [0, 0.05) is 19.4 Å². The fourth-order valence-electron chi connectivity index (χ4n) is 4.27. The highest BCUT2D eigenvalue weighted by Crippen LogP contribution is 2.37. The zero-order chi connectivity index (χ0) is 23.4. The molecule has 33 heavy (non-hydrogen) atoms. The SMILES string of the molecule is COc1ccc(OC(=O)N2[C@H](C)CC[C@H]2c2ccc(OCCc3nc(C)oc3C)cc2)cc1. The Kier molecular flexibility index (Phi) is 6.87. The lowest BCUT2D eigenvalue weighted by Gasteiger charge is -2.28. The van der Waals surface area contributed by atoms with Crippen LogP contribution in [0.25, 0.3) is 0 Å². The third-order valence-electron chi connectivity index (χ3n) is 6.02. The molecule has 3 aromatic rings. The van der Waals surface area contributed by atoms with Crippen molar-refractivity contribution < 1.29 is 23.4 Å². The summed E-state index contributed by atoms with van der Waals surface area (Å²) in [5, 5.41) is 0. The number of ether oxygens (including phenoxy) is 3. The average Bonchev–Trinajstić information content (AvgIpc) is 3.35. The molecule has 2 heterocycles. The lowest BCUT2D eigenvalue weighted by molar-refractivity contribution is 0.132. The number of oxazole rings is 1. The number of rotatable bonds is 7. The number of carbonyl (C=O) groups excluding carboxylic acids is 1. The van der Waals surface area contributed by atoms with Crippen molar-refractivity contribution in [1.82, 2.24) is 9.88 Å². The van der Waals surface area contributed by atoms with Crippen molar-refractivity contribution in [2.45, 2.75) is 52.1 Å². The van der Waals surface area contributed by atoms with E-state index in [9.17, 15) is 4.79 Å². The summed E-state index contributed by atoms with van der Waals surface area (Å²) in [4.78, 5) is 19.2. The van der Waals surface area contributed by atoms with Crippen molar-refractivity contribution in [3.8, 4) is 17.2 Å². The fourth-order valence-corrected chi connectivity index (χ4v) is 4.27. The van der Waals surface area contributed by atoms with Crippen LogP contribution >= 0.6 is 0 Å². The van der Waals surface area contributed by atoms with Crippen LogP contribution < -0.4 is 14.2 Å². The number of benzene rings is 2. The van der Waals surface area contributed by atoms with Gasteiger partial charge in [-0.3, -0.25) is 4.90 Å². The Morgan fingerprint density at radius 1 is 1.03 bits per heavy atom. The largest absolute Gasteiger partial charge is 0.497 e. The van der Waals surface area contributed by atoms with Crippen molar-refractivity contribution in [1.29, 1.82) is 0 Å². The van der Waals surface area contributed by atoms with Crippen LogP contribution in [0.3, 0.4) is 0 Å². The van der Waals surface area contributed by atoms with E-state index in [1.165, 1.54) is 0 Å². The molecule has 1 aliphatic heterocycles. The Morgan fingerprint density at radius 2 is 1.70 bits per heavy atom. The summed E-state index contributed by atoms with van der Waals surface area (Å²) in [5.74, 6) is 3.52. The van der Waals surface area contributed by atoms with Gasteiger partial charge >= 0.3 is 6.09 Å². The molecule has 1 amide bonds. The van der Waals surface area contributed by atoms with Gasteiger partial charge < -0.3 is 18.6 Å².